The van der Waals surface area contributed by atoms with Crippen molar-refractivity contribution in [3.8, 4) is 0 Å². The van der Waals surface area contributed by atoms with Crippen LogP contribution >= 0.6 is 11.6 Å². The molecular formula is C14H19ClN2O3. The first-order valence-electron chi connectivity index (χ1n) is 6.18. The number of nitrogens with one attached hydrogen (secondary N) is 1. The van der Waals surface area contributed by atoms with Gasteiger partial charge in [-0.1, -0.05) is 17.7 Å². The number of nitrogens with zero attached hydrogens (tertiary/aromatic N) is 1. The molecule has 0 saturated carbocycles. The van der Waals surface area contributed by atoms with Gasteiger partial charge in [0, 0.05) is 16.2 Å². The van der Waals surface area contributed by atoms with Crippen LogP contribution in [0, 0.1) is 6.92 Å². The van der Waals surface area contributed by atoms with Crippen molar-refractivity contribution in [3.05, 3.63) is 28.8 Å². The minimum Gasteiger partial charge on any atom is -0.480 e. The normalized spacial score (nSPS) is 11.1. The van der Waals surface area contributed by atoms with Gasteiger partial charge in [0.05, 0.1) is 0 Å². The van der Waals surface area contributed by atoms with Crippen molar-refractivity contribution < 1.29 is 14.7 Å². The number of anilines is 1. The molecule has 1 aromatic carbocycles. The van der Waals surface area contributed by atoms with Crippen molar-refractivity contribution in [2.45, 2.75) is 33.2 Å². The largest absolute Gasteiger partial charge is 0.480 e. The maximum absolute atomic E-state index is 12.3. The Hall–Kier alpha value is -1.75. The predicted octanol–water partition coefficient (Wildman–Crippen LogP) is 3.37. The van der Waals surface area contributed by atoms with Crippen LogP contribution in [0.1, 0.15) is 26.3 Å². The fourth-order valence-corrected chi connectivity index (χ4v) is 1.85. The lowest BCUT2D eigenvalue weighted by molar-refractivity contribution is -0.138. The van der Waals surface area contributed by atoms with Crippen LogP contribution in [-0.2, 0) is 4.79 Å². The maximum Gasteiger partial charge on any atom is 0.323 e. The van der Waals surface area contributed by atoms with E-state index in [1.807, 2.05) is 0 Å². The summed E-state index contributed by atoms with van der Waals surface area (Å²) in [6.45, 7) is 6.76. The molecule has 0 heterocycles. The molecule has 0 spiro atoms. The van der Waals surface area contributed by atoms with E-state index in [-0.39, 0.29) is 6.54 Å². The average Bonchev–Trinajstić information content (AvgIpc) is 2.30. The van der Waals surface area contributed by atoms with Gasteiger partial charge in [-0.25, -0.2) is 4.79 Å². The zero-order chi connectivity index (χ0) is 15.5. The van der Waals surface area contributed by atoms with Gasteiger partial charge in [-0.2, -0.15) is 0 Å². The highest BCUT2D eigenvalue weighted by atomic mass is 35.5. The van der Waals surface area contributed by atoms with E-state index in [1.54, 1.807) is 45.9 Å². The molecule has 0 aliphatic heterocycles. The molecular weight excluding hydrogens is 280 g/mol. The number of benzene rings is 1. The molecule has 6 heteroatoms. The topological polar surface area (TPSA) is 69.6 Å². The first-order valence-corrected chi connectivity index (χ1v) is 6.56. The highest BCUT2D eigenvalue weighted by Crippen LogP contribution is 2.24. The molecule has 0 aromatic heterocycles. The molecule has 1 rings (SSSR count). The van der Waals surface area contributed by atoms with Crippen LogP contribution in [0.5, 0.6) is 0 Å². The lowest BCUT2D eigenvalue weighted by Crippen LogP contribution is -2.50. The summed E-state index contributed by atoms with van der Waals surface area (Å²) < 4.78 is 0. The zero-order valence-corrected chi connectivity index (χ0v) is 12.8. The van der Waals surface area contributed by atoms with Crippen molar-refractivity contribution in [1.29, 1.82) is 0 Å². The number of carbonyl (C=O) groups excluding carboxylic acids is 1. The molecule has 0 aliphatic carbocycles. The molecule has 2 N–H and O–H groups in total. The summed E-state index contributed by atoms with van der Waals surface area (Å²) >= 11 is 5.99. The lowest BCUT2D eigenvalue weighted by atomic mass is 10.1. The summed E-state index contributed by atoms with van der Waals surface area (Å²) in [5, 5.41) is 12.2. The van der Waals surface area contributed by atoms with Crippen LogP contribution in [0.3, 0.4) is 0 Å². The van der Waals surface area contributed by atoms with Crippen LogP contribution in [0.4, 0.5) is 10.5 Å². The molecule has 0 aliphatic rings. The summed E-state index contributed by atoms with van der Waals surface area (Å²) in [7, 11) is 0. The fraction of sp³-hybridized carbons (Fsp3) is 0.429. The van der Waals surface area contributed by atoms with Crippen LogP contribution in [0.2, 0.25) is 5.02 Å². The molecule has 110 valence electrons. The van der Waals surface area contributed by atoms with Crippen LogP contribution in [-0.4, -0.2) is 34.1 Å². The first-order chi connectivity index (χ1) is 9.12. The Morgan fingerprint density at radius 3 is 2.45 bits per heavy atom. The second-order valence-electron chi connectivity index (χ2n) is 5.49. The third kappa shape index (κ3) is 4.13. The van der Waals surface area contributed by atoms with Gasteiger partial charge < -0.3 is 15.3 Å². The number of rotatable bonds is 3. The zero-order valence-electron chi connectivity index (χ0n) is 12.0. The highest BCUT2D eigenvalue weighted by Gasteiger charge is 2.28. The SMILES string of the molecule is Cc1c(Cl)cccc1NC(=O)N(CC(=O)O)C(C)(C)C. The molecule has 0 radical (unpaired) electrons. The van der Waals surface area contributed by atoms with Gasteiger partial charge in [-0.3, -0.25) is 4.79 Å². The lowest BCUT2D eigenvalue weighted by Gasteiger charge is -2.34. The number of carboxylic acid groups (broad SMARTS) is 1. The molecule has 0 bridgehead atoms. The summed E-state index contributed by atoms with van der Waals surface area (Å²) in [6.07, 6.45) is 0. The quantitative estimate of drug-likeness (QED) is 0.899. The van der Waals surface area contributed by atoms with E-state index in [1.165, 1.54) is 4.90 Å². The third-order valence-electron chi connectivity index (χ3n) is 2.86. The van der Waals surface area contributed by atoms with Gasteiger partial charge in [-0.05, 0) is 45.4 Å². The minimum atomic E-state index is -1.06. The number of carbonyl (C=O) groups is 2. The Labute approximate surface area is 123 Å². The average molecular weight is 299 g/mol. The number of carboxylic acids is 1. The number of hydrogen-bond donors (Lipinski definition) is 2. The second-order valence-corrected chi connectivity index (χ2v) is 5.90. The highest BCUT2D eigenvalue weighted by molar-refractivity contribution is 6.31. The van der Waals surface area contributed by atoms with Crippen LogP contribution in [0.15, 0.2) is 18.2 Å². The van der Waals surface area contributed by atoms with Crippen molar-refractivity contribution in [2.24, 2.45) is 0 Å². The Balaban J connectivity index is 2.97. The Morgan fingerprint density at radius 2 is 1.95 bits per heavy atom. The monoisotopic (exact) mass is 298 g/mol. The van der Waals surface area contributed by atoms with Crippen LogP contribution < -0.4 is 5.32 Å². The minimum absolute atomic E-state index is 0.366. The van der Waals surface area contributed by atoms with Gasteiger partial charge in [0.2, 0.25) is 0 Å². The van der Waals surface area contributed by atoms with Gasteiger partial charge in [0.1, 0.15) is 6.54 Å². The maximum atomic E-state index is 12.3. The van der Waals surface area contributed by atoms with Crippen LogP contribution in [0.25, 0.3) is 0 Å². The molecule has 0 saturated heterocycles. The van der Waals surface area contributed by atoms with Crippen molar-refractivity contribution in [2.75, 3.05) is 11.9 Å². The number of amides is 2. The van der Waals surface area contributed by atoms with E-state index in [0.717, 1.165) is 5.56 Å². The van der Waals surface area contributed by atoms with Gasteiger partial charge in [0.25, 0.3) is 0 Å². The van der Waals surface area contributed by atoms with E-state index in [4.69, 9.17) is 16.7 Å². The Bertz CT molecular complexity index is 524. The van der Waals surface area contributed by atoms with E-state index in [2.05, 4.69) is 5.32 Å². The predicted molar refractivity (Wildman–Crippen MR) is 79.3 cm³/mol. The molecule has 5 nitrogen and oxygen atoms in total. The fourth-order valence-electron chi connectivity index (χ4n) is 1.67. The molecule has 20 heavy (non-hydrogen) atoms. The summed E-state index contributed by atoms with van der Waals surface area (Å²) in [5.74, 6) is -1.06. The number of hydrogen-bond acceptors (Lipinski definition) is 2. The van der Waals surface area contributed by atoms with Gasteiger partial charge in [0.15, 0.2) is 0 Å². The Morgan fingerprint density at radius 1 is 1.35 bits per heavy atom. The Kier molecular flexibility index (Phi) is 5.00. The summed E-state index contributed by atoms with van der Waals surface area (Å²) in [6, 6.07) is 4.71. The van der Waals surface area contributed by atoms with Crippen molar-refractivity contribution >= 4 is 29.3 Å². The second kappa shape index (κ2) is 6.13. The van der Waals surface area contributed by atoms with Crippen molar-refractivity contribution in [1.82, 2.24) is 4.90 Å². The van der Waals surface area contributed by atoms with E-state index < -0.39 is 17.5 Å². The van der Waals surface area contributed by atoms with E-state index >= 15 is 0 Å². The number of halogens is 1. The van der Waals surface area contributed by atoms with Gasteiger partial charge >= 0.3 is 12.0 Å². The number of urea groups is 1. The summed E-state index contributed by atoms with van der Waals surface area (Å²) in [5.41, 5.74) is 0.712. The number of aliphatic carboxylic acids is 1. The molecule has 0 unspecified atom stereocenters. The van der Waals surface area contributed by atoms with E-state index in [9.17, 15) is 9.59 Å². The van der Waals surface area contributed by atoms with Crippen molar-refractivity contribution in [3.63, 3.8) is 0 Å². The summed E-state index contributed by atoms with van der Waals surface area (Å²) in [4.78, 5) is 24.4. The third-order valence-corrected chi connectivity index (χ3v) is 3.27. The van der Waals surface area contributed by atoms with E-state index in [0.29, 0.717) is 10.7 Å². The standard InChI is InChI=1S/C14H19ClN2O3/c1-9-10(15)6-5-7-11(9)16-13(20)17(8-12(18)19)14(2,3)4/h5-7H,8H2,1-4H3,(H,16,20)(H,18,19). The molecule has 0 atom stereocenters. The van der Waals surface area contributed by atoms with Gasteiger partial charge in [-0.15, -0.1) is 0 Å². The molecule has 1 aromatic rings. The smallest absolute Gasteiger partial charge is 0.323 e. The first kappa shape index (κ1) is 16.3. The molecule has 2 amide bonds. The molecule has 0 fully saturated rings.